The van der Waals surface area contributed by atoms with E-state index in [1.165, 1.54) is 12.1 Å². The summed E-state index contributed by atoms with van der Waals surface area (Å²) in [6.07, 6.45) is 1.67. The van der Waals surface area contributed by atoms with Crippen molar-refractivity contribution < 1.29 is 9.18 Å². The van der Waals surface area contributed by atoms with Gasteiger partial charge in [-0.3, -0.25) is 4.79 Å². The van der Waals surface area contributed by atoms with Crippen LogP contribution in [0.4, 0.5) is 4.39 Å². The van der Waals surface area contributed by atoms with Gasteiger partial charge in [0.2, 0.25) is 5.91 Å². The van der Waals surface area contributed by atoms with Crippen LogP contribution in [0.2, 0.25) is 0 Å². The van der Waals surface area contributed by atoms with Gasteiger partial charge in [-0.25, -0.2) is 4.39 Å². The number of nitrogens with two attached hydrogens (primary N) is 1. The summed E-state index contributed by atoms with van der Waals surface area (Å²) in [5.41, 5.74) is 5.99. The molecule has 1 unspecified atom stereocenters. The number of hydrogen-bond acceptors (Lipinski definition) is 2. The second-order valence-corrected chi connectivity index (χ2v) is 5.14. The molecule has 0 saturated heterocycles. The average Bonchev–Trinajstić information content (AvgIpc) is 3.17. The molecule has 0 aliphatic heterocycles. The molecule has 0 heterocycles. The third kappa shape index (κ3) is 3.45. The fraction of sp³-hybridized carbons (Fsp3) is 0.500. The van der Waals surface area contributed by atoms with E-state index in [-0.39, 0.29) is 30.0 Å². The van der Waals surface area contributed by atoms with Gasteiger partial charge in [0.25, 0.3) is 0 Å². The number of carbonyl (C=O) groups excluding carboxylic acids is 1. The van der Waals surface area contributed by atoms with Crippen LogP contribution in [0.5, 0.6) is 0 Å². The van der Waals surface area contributed by atoms with Crippen molar-refractivity contribution in [2.45, 2.75) is 25.2 Å². The van der Waals surface area contributed by atoms with Gasteiger partial charge < -0.3 is 11.1 Å². The van der Waals surface area contributed by atoms with Crippen LogP contribution < -0.4 is 11.1 Å². The van der Waals surface area contributed by atoms with Crippen LogP contribution in [0.3, 0.4) is 0 Å². The Balaban J connectivity index is 0.00000180. The summed E-state index contributed by atoms with van der Waals surface area (Å²) in [5.74, 6) is 0.0408. The van der Waals surface area contributed by atoms with E-state index in [9.17, 15) is 9.18 Å². The molecule has 0 spiro atoms. The fourth-order valence-electron chi connectivity index (χ4n) is 2.06. The number of hydrogen-bond donors (Lipinski definition) is 2. The van der Waals surface area contributed by atoms with E-state index in [0.717, 1.165) is 18.4 Å². The lowest BCUT2D eigenvalue weighted by molar-refractivity contribution is -0.123. The van der Waals surface area contributed by atoms with E-state index in [4.69, 9.17) is 5.73 Å². The highest BCUT2D eigenvalue weighted by Gasteiger charge is 2.51. The van der Waals surface area contributed by atoms with Crippen molar-refractivity contribution in [3.05, 3.63) is 35.6 Å². The monoisotopic (exact) mass is 286 g/mol. The zero-order valence-electron chi connectivity index (χ0n) is 11.0. The van der Waals surface area contributed by atoms with Gasteiger partial charge in [-0.2, -0.15) is 0 Å². The van der Waals surface area contributed by atoms with Crippen molar-refractivity contribution in [3.63, 3.8) is 0 Å². The molecule has 1 aliphatic rings. The van der Waals surface area contributed by atoms with Crippen LogP contribution in [0.25, 0.3) is 0 Å². The first-order valence-electron chi connectivity index (χ1n) is 6.33. The maximum atomic E-state index is 12.9. The van der Waals surface area contributed by atoms with Gasteiger partial charge in [-0.15, -0.1) is 12.4 Å². The van der Waals surface area contributed by atoms with Gasteiger partial charge >= 0.3 is 0 Å². The molecule has 1 aromatic rings. The van der Waals surface area contributed by atoms with E-state index >= 15 is 0 Å². The van der Waals surface area contributed by atoms with E-state index < -0.39 is 5.41 Å². The lowest BCUT2D eigenvalue weighted by atomic mass is 9.95. The largest absolute Gasteiger partial charge is 0.355 e. The second-order valence-electron chi connectivity index (χ2n) is 5.14. The van der Waals surface area contributed by atoms with Crippen molar-refractivity contribution in [1.29, 1.82) is 0 Å². The molecule has 1 aromatic carbocycles. The van der Waals surface area contributed by atoms with Crippen molar-refractivity contribution >= 4 is 18.3 Å². The Morgan fingerprint density at radius 2 is 2.00 bits per heavy atom. The number of halogens is 2. The quantitative estimate of drug-likeness (QED) is 0.870. The van der Waals surface area contributed by atoms with Crippen LogP contribution in [0, 0.1) is 11.7 Å². The minimum absolute atomic E-state index is 0. The molecule has 1 aliphatic carbocycles. The molecule has 5 heteroatoms. The van der Waals surface area contributed by atoms with Gasteiger partial charge in [-0.1, -0.05) is 19.1 Å². The lowest BCUT2D eigenvalue weighted by Crippen LogP contribution is -2.38. The molecule has 0 bridgehead atoms. The number of rotatable bonds is 5. The summed E-state index contributed by atoms with van der Waals surface area (Å²) in [7, 11) is 0. The minimum Gasteiger partial charge on any atom is -0.355 e. The smallest absolute Gasteiger partial charge is 0.230 e. The maximum absolute atomic E-state index is 12.9. The zero-order valence-corrected chi connectivity index (χ0v) is 11.8. The van der Waals surface area contributed by atoms with E-state index in [2.05, 4.69) is 5.32 Å². The molecule has 1 saturated carbocycles. The predicted molar refractivity (Wildman–Crippen MR) is 75.8 cm³/mol. The summed E-state index contributed by atoms with van der Waals surface area (Å²) in [5, 5.41) is 2.94. The summed E-state index contributed by atoms with van der Waals surface area (Å²) < 4.78 is 12.9. The van der Waals surface area contributed by atoms with Crippen LogP contribution >= 0.6 is 12.4 Å². The van der Waals surface area contributed by atoms with Gasteiger partial charge in [-0.05, 0) is 43.0 Å². The van der Waals surface area contributed by atoms with E-state index in [1.54, 1.807) is 12.1 Å². The molecule has 0 aromatic heterocycles. The third-order valence-electron chi connectivity index (χ3n) is 3.59. The van der Waals surface area contributed by atoms with Crippen molar-refractivity contribution in [1.82, 2.24) is 5.32 Å². The first-order chi connectivity index (χ1) is 8.58. The maximum Gasteiger partial charge on any atom is 0.230 e. The molecule has 1 fully saturated rings. The Bertz CT molecular complexity index is 432. The Morgan fingerprint density at radius 1 is 1.42 bits per heavy atom. The van der Waals surface area contributed by atoms with Crippen LogP contribution in [-0.4, -0.2) is 19.0 Å². The zero-order chi connectivity index (χ0) is 13.2. The van der Waals surface area contributed by atoms with Crippen LogP contribution in [0.15, 0.2) is 24.3 Å². The summed E-state index contributed by atoms with van der Waals surface area (Å²) in [6.45, 7) is 3.15. The molecule has 1 atom stereocenters. The molecule has 2 rings (SSSR count). The molecule has 19 heavy (non-hydrogen) atoms. The van der Waals surface area contributed by atoms with Gasteiger partial charge in [0.1, 0.15) is 5.82 Å². The molecular formula is C14H20ClFN2O. The summed E-state index contributed by atoms with van der Waals surface area (Å²) in [6, 6.07) is 6.22. The standard InChI is InChI=1S/C14H19FN2O.ClH/c1-10(8-16)9-17-13(18)14(6-7-14)11-2-4-12(15)5-3-11;/h2-5,10H,6-9,16H2,1H3,(H,17,18);1H. The normalized spacial score (nSPS) is 17.2. The second kappa shape index (κ2) is 6.35. The predicted octanol–water partition coefficient (Wildman–Crippen LogP) is 1.99. The van der Waals surface area contributed by atoms with Crippen molar-refractivity contribution in [3.8, 4) is 0 Å². The van der Waals surface area contributed by atoms with E-state index in [0.29, 0.717) is 13.1 Å². The van der Waals surface area contributed by atoms with Gasteiger partial charge in [0, 0.05) is 6.54 Å². The number of benzene rings is 1. The SMILES string of the molecule is CC(CN)CNC(=O)C1(c2ccc(F)cc2)CC1.Cl. The third-order valence-corrected chi connectivity index (χ3v) is 3.59. The van der Waals surface area contributed by atoms with Crippen LogP contribution in [-0.2, 0) is 10.2 Å². The summed E-state index contributed by atoms with van der Waals surface area (Å²) >= 11 is 0. The highest BCUT2D eigenvalue weighted by Crippen LogP contribution is 2.48. The number of carbonyl (C=O) groups is 1. The summed E-state index contributed by atoms with van der Waals surface area (Å²) in [4.78, 5) is 12.2. The lowest BCUT2D eigenvalue weighted by Gasteiger charge is -2.17. The Hall–Kier alpha value is -1.13. The number of nitrogens with one attached hydrogen (secondary N) is 1. The number of amides is 1. The van der Waals surface area contributed by atoms with E-state index in [1.807, 2.05) is 6.92 Å². The van der Waals surface area contributed by atoms with Gasteiger partial charge in [0.15, 0.2) is 0 Å². The molecule has 3 nitrogen and oxygen atoms in total. The first kappa shape index (κ1) is 15.9. The highest BCUT2D eigenvalue weighted by molar-refractivity contribution is 5.91. The van der Waals surface area contributed by atoms with Crippen molar-refractivity contribution in [2.75, 3.05) is 13.1 Å². The highest BCUT2D eigenvalue weighted by atomic mass is 35.5. The Labute approximate surface area is 119 Å². The first-order valence-corrected chi connectivity index (χ1v) is 6.33. The molecular weight excluding hydrogens is 267 g/mol. The Kier molecular flexibility index (Phi) is 5.32. The molecule has 0 radical (unpaired) electrons. The molecule has 3 N–H and O–H groups in total. The van der Waals surface area contributed by atoms with Crippen LogP contribution in [0.1, 0.15) is 25.3 Å². The molecule has 1 amide bonds. The molecule has 106 valence electrons. The average molecular weight is 287 g/mol. The van der Waals surface area contributed by atoms with Gasteiger partial charge in [0.05, 0.1) is 5.41 Å². The fourth-order valence-corrected chi connectivity index (χ4v) is 2.06. The topological polar surface area (TPSA) is 55.1 Å². The Morgan fingerprint density at radius 3 is 2.47 bits per heavy atom. The van der Waals surface area contributed by atoms with Crippen molar-refractivity contribution in [2.24, 2.45) is 11.7 Å². The minimum atomic E-state index is -0.429.